The molecule has 5 heteroatoms. The standard InChI is InChI=1S/C16H26N2O3/c1-17-14(20)18(12-15(21)8-4-2-5-9-15)13(19)16(17)10-6-3-7-11-16/h21H,2-12H2,1H3. The maximum Gasteiger partial charge on any atom is 0.327 e. The van der Waals surface area contributed by atoms with E-state index < -0.39 is 11.1 Å². The Hall–Kier alpha value is -1.10. The summed E-state index contributed by atoms with van der Waals surface area (Å²) in [7, 11) is 1.75. The number of hydrogen-bond acceptors (Lipinski definition) is 3. The lowest BCUT2D eigenvalue weighted by Crippen LogP contribution is -2.50. The largest absolute Gasteiger partial charge is 0.388 e. The second-order valence-electron chi connectivity index (χ2n) is 7.11. The molecule has 3 rings (SSSR count). The van der Waals surface area contributed by atoms with Crippen molar-refractivity contribution < 1.29 is 14.7 Å². The van der Waals surface area contributed by atoms with Crippen molar-refractivity contribution in [1.29, 1.82) is 0 Å². The second kappa shape index (κ2) is 5.27. The van der Waals surface area contributed by atoms with Crippen LogP contribution in [0.3, 0.4) is 0 Å². The molecule has 5 nitrogen and oxygen atoms in total. The first kappa shape index (κ1) is 14.8. The van der Waals surface area contributed by atoms with Crippen LogP contribution in [0.25, 0.3) is 0 Å². The third-order valence-electron chi connectivity index (χ3n) is 5.72. The van der Waals surface area contributed by atoms with Crippen LogP contribution in [0.15, 0.2) is 0 Å². The Morgan fingerprint density at radius 1 is 0.952 bits per heavy atom. The molecular weight excluding hydrogens is 268 g/mol. The fraction of sp³-hybridized carbons (Fsp3) is 0.875. The molecule has 0 aromatic rings. The molecular formula is C16H26N2O3. The summed E-state index contributed by atoms with van der Waals surface area (Å²) in [4.78, 5) is 28.4. The Kier molecular flexibility index (Phi) is 3.72. The number of likely N-dealkylation sites (N-methyl/N-ethyl adjacent to an activating group) is 1. The fourth-order valence-corrected chi connectivity index (χ4v) is 4.33. The molecule has 0 bridgehead atoms. The highest BCUT2D eigenvalue weighted by atomic mass is 16.3. The van der Waals surface area contributed by atoms with Gasteiger partial charge in [0.2, 0.25) is 0 Å². The van der Waals surface area contributed by atoms with Gasteiger partial charge in [0.25, 0.3) is 5.91 Å². The quantitative estimate of drug-likeness (QED) is 0.795. The molecule has 21 heavy (non-hydrogen) atoms. The summed E-state index contributed by atoms with van der Waals surface area (Å²) in [5.74, 6) is -0.0753. The number of urea groups is 1. The highest BCUT2D eigenvalue weighted by Gasteiger charge is 2.56. The summed E-state index contributed by atoms with van der Waals surface area (Å²) in [6.45, 7) is 0.177. The maximum absolute atomic E-state index is 12.9. The van der Waals surface area contributed by atoms with Crippen molar-refractivity contribution in [3.8, 4) is 0 Å². The molecule has 2 aliphatic carbocycles. The second-order valence-corrected chi connectivity index (χ2v) is 7.11. The van der Waals surface area contributed by atoms with Crippen molar-refractivity contribution in [3.63, 3.8) is 0 Å². The van der Waals surface area contributed by atoms with Gasteiger partial charge >= 0.3 is 6.03 Å². The molecule has 0 atom stereocenters. The summed E-state index contributed by atoms with van der Waals surface area (Å²) in [5.41, 5.74) is -1.50. The predicted molar refractivity (Wildman–Crippen MR) is 78.7 cm³/mol. The number of imide groups is 1. The molecule has 0 aromatic carbocycles. The highest BCUT2D eigenvalue weighted by Crippen LogP contribution is 2.40. The molecule has 2 saturated carbocycles. The van der Waals surface area contributed by atoms with E-state index in [9.17, 15) is 14.7 Å². The predicted octanol–water partition coefficient (Wildman–Crippen LogP) is 2.28. The van der Waals surface area contributed by atoms with Gasteiger partial charge in [-0.2, -0.15) is 0 Å². The Labute approximate surface area is 126 Å². The summed E-state index contributed by atoms with van der Waals surface area (Å²) >= 11 is 0. The third-order valence-corrected chi connectivity index (χ3v) is 5.72. The molecule has 1 spiro atoms. The molecule has 3 aliphatic rings. The van der Waals surface area contributed by atoms with Crippen LogP contribution in [0.1, 0.15) is 64.2 Å². The number of rotatable bonds is 2. The number of aliphatic hydroxyl groups is 1. The number of carbonyl (C=O) groups is 2. The fourth-order valence-electron chi connectivity index (χ4n) is 4.33. The first-order chi connectivity index (χ1) is 9.99. The van der Waals surface area contributed by atoms with Gasteiger partial charge in [0.15, 0.2) is 0 Å². The van der Waals surface area contributed by atoms with Crippen molar-refractivity contribution in [2.24, 2.45) is 0 Å². The van der Waals surface area contributed by atoms with Crippen LogP contribution < -0.4 is 0 Å². The van der Waals surface area contributed by atoms with Crippen LogP contribution >= 0.6 is 0 Å². The number of carbonyl (C=O) groups excluding carboxylic acids is 2. The van der Waals surface area contributed by atoms with Gasteiger partial charge in [0.05, 0.1) is 12.1 Å². The van der Waals surface area contributed by atoms with Crippen molar-refractivity contribution in [1.82, 2.24) is 9.80 Å². The van der Waals surface area contributed by atoms with Crippen LogP contribution in [0.2, 0.25) is 0 Å². The van der Waals surface area contributed by atoms with E-state index in [0.29, 0.717) is 12.8 Å². The number of amides is 3. The van der Waals surface area contributed by atoms with E-state index in [-0.39, 0.29) is 18.5 Å². The number of nitrogens with zero attached hydrogens (tertiary/aromatic N) is 2. The molecule has 1 heterocycles. The lowest BCUT2D eigenvalue weighted by atomic mass is 9.80. The smallest absolute Gasteiger partial charge is 0.327 e. The topological polar surface area (TPSA) is 60.9 Å². The lowest BCUT2D eigenvalue weighted by Gasteiger charge is -2.36. The first-order valence-corrected chi connectivity index (χ1v) is 8.31. The van der Waals surface area contributed by atoms with E-state index in [2.05, 4.69) is 0 Å². The molecule has 3 amide bonds. The van der Waals surface area contributed by atoms with E-state index in [0.717, 1.165) is 51.4 Å². The van der Waals surface area contributed by atoms with Crippen LogP contribution in [0.5, 0.6) is 0 Å². The normalized spacial score (nSPS) is 28.5. The van der Waals surface area contributed by atoms with Crippen molar-refractivity contribution in [2.75, 3.05) is 13.6 Å². The third kappa shape index (κ3) is 2.35. The SMILES string of the molecule is CN1C(=O)N(CC2(O)CCCCC2)C(=O)C12CCCCC2. The minimum Gasteiger partial charge on any atom is -0.388 e. The van der Waals surface area contributed by atoms with E-state index in [1.54, 1.807) is 11.9 Å². The van der Waals surface area contributed by atoms with Crippen LogP contribution in [0, 0.1) is 0 Å². The van der Waals surface area contributed by atoms with Gasteiger partial charge in [-0.3, -0.25) is 9.69 Å². The van der Waals surface area contributed by atoms with Gasteiger partial charge < -0.3 is 10.0 Å². The molecule has 1 N–H and O–H groups in total. The van der Waals surface area contributed by atoms with Gasteiger partial charge in [-0.25, -0.2) is 4.79 Å². The first-order valence-electron chi connectivity index (χ1n) is 8.31. The monoisotopic (exact) mass is 294 g/mol. The molecule has 1 saturated heterocycles. The van der Waals surface area contributed by atoms with Crippen LogP contribution in [-0.4, -0.2) is 51.6 Å². The van der Waals surface area contributed by atoms with Crippen molar-refractivity contribution in [2.45, 2.75) is 75.3 Å². The average Bonchev–Trinajstić information content (AvgIpc) is 2.65. The number of β-amino-alcohol motifs (C(OH)–C–C–N with tert-alkyl or cyclic N) is 1. The zero-order chi connectivity index (χ0) is 15.1. The Morgan fingerprint density at radius 3 is 2.05 bits per heavy atom. The molecule has 0 aromatic heterocycles. The summed E-state index contributed by atoms with van der Waals surface area (Å²) < 4.78 is 0. The minimum absolute atomic E-state index is 0.0753. The van der Waals surface area contributed by atoms with E-state index in [4.69, 9.17) is 0 Å². The molecule has 3 fully saturated rings. The van der Waals surface area contributed by atoms with Gasteiger partial charge in [0.1, 0.15) is 5.54 Å². The van der Waals surface area contributed by atoms with Gasteiger partial charge in [0, 0.05) is 7.05 Å². The van der Waals surface area contributed by atoms with E-state index >= 15 is 0 Å². The van der Waals surface area contributed by atoms with E-state index in [1.165, 1.54) is 4.90 Å². The summed E-state index contributed by atoms with van der Waals surface area (Å²) in [6.07, 6.45) is 9.16. The van der Waals surface area contributed by atoms with Gasteiger partial charge in [-0.1, -0.05) is 38.5 Å². The van der Waals surface area contributed by atoms with Crippen LogP contribution in [0.4, 0.5) is 4.79 Å². The lowest BCUT2D eigenvalue weighted by molar-refractivity contribution is -0.137. The Morgan fingerprint density at radius 2 is 1.48 bits per heavy atom. The van der Waals surface area contributed by atoms with Gasteiger partial charge in [-0.15, -0.1) is 0 Å². The highest BCUT2D eigenvalue weighted by molar-refractivity contribution is 6.07. The maximum atomic E-state index is 12.9. The molecule has 118 valence electrons. The van der Waals surface area contributed by atoms with E-state index in [1.807, 2.05) is 0 Å². The number of hydrogen-bond donors (Lipinski definition) is 1. The molecule has 0 radical (unpaired) electrons. The van der Waals surface area contributed by atoms with Crippen LogP contribution in [-0.2, 0) is 4.79 Å². The summed E-state index contributed by atoms with van der Waals surface area (Å²) in [5, 5.41) is 10.7. The molecule has 1 aliphatic heterocycles. The summed E-state index contributed by atoms with van der Waals surface area (Å²) in [6, 6.07) is -0.221. The minimum atomic E-state index is -0.870. The Bertz CT molecular complexity index is 437. The van der Waals surface area contributed by atoms with Crippen molar-refractivity contribution >= 4 is 11.9 Å². The zero-order valence-electron chi connectivity index (χ0n) is 12.9. The molecule has 0 unspecified atom stereocenters. The average molecular weight is 294 g/mol. The van der Waals surface area contributed by atoms with Crippen molar-refractivity contribution in [3.05, 3.63) is 0 Å². The van der Waals surface area contributed by atoms with Gasteiger partial charge in [-0.05, 0) is 25.7 Å². The Balaban J connectivity index is 1.79. The zero-order valence-corrected chi connectivity index (χ0v) is 12.9.